The van der Waals surface area contributed by atoms with Gasteiger partial charge in [-0.3, -0.25) is 4.79 Å². The molecule has 2 rings (SSSR count). The third-order valence-corrected chi connectivity index (χ3v) is 4.70. The summed E-state index contributed by atoms with van der Waals surface area (Å²) in [5.74, 6) is -1.96. The Morgan fingerprint density at radius 3 is 2.64 bits per heavy atom. The molecule has 28 heavy (non-hydrogen) atoms. The van der Waals surface area contributed by atoms with Gasteiger partial charge in [0.2, 0.25) is 0 Å². The molecule has 1 saturated heterocycles. The van der Waals surface area contributed by atoms with Crippen LogP contribution in [0.1, 0.15) is 37.7 Å². The van der Waals surface area contributed by atoms with Crippen molar-refractivity contribution in [1.82, 2.24) is 5.32 Å². The van der Waals surface area contributed by atoms with Gasteiger partial charge in [-0.05, 0) is 44.1 Å². The maximum absolute atomic E-state index is 12.7. The molecule has 0 aliphatic carbocycles. The number of amides is 1. The minimum Gasteiger partial charge on any atom is -0.379 e. The van der Waals surface area contributed by atoms with Crippen molar-refractivity contribution < 1.29 is 32.2 Å². The fourth-order valence-electron chi connectivity index (χ4n) is 3.22. The Morgan fingerprint density at radius 1 is 1.29 bits per heavy atom. The summed E-state index contributed by atoms with van der Waals surface area (Å²) in [5, 5.41) is 2.09. The normalized spacial score (nSPS) is 19.8. The lowest BCUT2D eigenvalue weighted by Gasteiger charge is -2.28. The molecule has 158 valence electrons. The van der Waals surface area contributed by atoms with Crippen LogP contribution < -0.4 is 5.32 Å². The van der Waals surface area contributed by atoms with Crippen LogP contribution in [-0.2, 0) is 25.4 Å². The van der Waals surface area contributed by atoms with Gasteiger partial charge in [-0.15, -0.1) is 0 Å². The maximum atomic E-state index is 12.7. The van der Waals surface area contributed by atoms with E-state index in [0.29, 0.717) is 26.1 Å². The van der Waals surface area contributed by atoms with E-state index in [1.54, 1.807) is 12.1 Å². The van der Waals surface area contributed by atoms with E-state index >= 15 is 0 Å². The minimum atomic E-state index is -4.94. The molecule has 5 nitrogen and oxygen atoms in total. The highest BCUT2D eigenvalue weighted by atomic mass is 19.4. The van der Waals surface area contributed by atoms with Crippen LogP contribution in [0, 0.1) is 0 Å². The highest BCUT2D eigenvalue weighted by Crippen LogP contribution is 2.19. The van der Waals surface area contributed by atoms with E-state index in [-0.39, 0.29) is 12.7 Å². The molecule has 0 saturated carbocycles. The third kappa shape index (κ3) is 7.77. The number of rotatable bonds is 10. The van der Waals surface area contributed by atoms with Crippen molar-refractivity contribution in [3.8, 4) is 0 Å². The summed E-state index contributed by atoms with van der Waals surface area (Å²) in [7, 11) is 1.44. The van der Waals surface area contributed by atoms with E-state index in [2.05, 4.69) is 5.32 Å². The summed E-state index contributed by atoms with van der Waals surface area (Å²) < 4.78 is 54.8. The topological polar surface area (TPSA) is 56.8 Å². The molecule has 1 amide bonds. The second-order valence-electron chi connectivity index (χ2n) is 6.85. The zero-order valence-corrected chi connectivity index (χ0v) is 16.0. The molecule has 1 unspecified atom stereocenters. The van der Waals surface area contributed by atoms with E-state index < -0.39 is 24.2 Å². The molecule has 0 bridgehead atoms. The number of carbonyl (C=O) groups excluding carboxylic acids is 1. The summed E-state index contributed by atoms with van der Waals surface area (Å²) in [6, 6.07) is 8.25. The van der Waals surface area contributed by atoms with Crippen molar-refractivity contribution in [3.05, 3.63) is 35.9 Å². The number of alkyl halides is 3. The van der Waals surface area contributed by atoms with Gasteiger partial charge in [-0.25, -0.2) is 0 Å². The highest BCUT2D eigenvalue weighted by Gasteiger charge is 2.40. The maximum Gasteiger partial charge on any atom is 0.471 e. The molecule has 1 N–H and O–H groups in total. The van der Waals surface area contributed by atoms with Crippen molar-refractivity contribution in [2.24, 2.45) is 0 Å². The van der Waals surface area contributed by atoms with Gasteiger partial charge in [0, 0.05) is 20.3 Å². The molecule has 1 heterocycles. The summed E-state index contributed by atoms with van der Waals surface area (Å²) >= 11 is 0. The van der Waals surface area contributed by atoms with Crippen molar-refractivity contribution in [1.29, 1.82) is 0 Å². The van der Waals surface area contributed by atoms with Gasteiger partial charge in [-0.1, -0.05) is 30.3 Å². The summed E-state index contributed by atoms with van der Waals surface area (Å²) in [4.78, 5) is 11.5. The summed E-state index contributed by atoms with van der Waals surface area (Å²) in [6.45, 7) is 1.11. The molecule has 3 atom stereocenters. The first-order valence-corrected chi connectivity index (χ1v) is 9.57. The van der Waals surface area contributed by atoms with Crippen LogP contribution in [0.15, 0.2) is 30.3 Å². The first kappa shape index (κ1) is 22.6. The zero-order valence-electron chi connectivity index (χ0n) is 16.0. The smallest absolute Gasteiger partial charge is 0.379 e. The number of halogens is 3. The Balaban J connectivity index is 1.92. The molecule has 0 spiro atoms. The molecule has 1 aromatic rings. The average Bonchev–Trinajstić information content (AvgIpc) is 2.68. The Morgan fingerprint density at radius 2 is 2.04 bits per heavy atom. The number of carbonyl (C=O) groups is 1. The van der Waals surface area contributed by atoms with Gasteiger partial charge in [0.1, 0.15) is 0 Å². The highest BCUT2D eigenvalue weighted by molar-refractivity contribution is 5.82. The molecule has 0 radical (unpaired) electrons. The van der Waals surface area contributed by atoms with Crippen molar-refractivity contribution in [2.45, 2.75) is 63.1 Å². The Labute approximate surface area is 163 Å². The summed E-state index contributed by atoms with van der Waals surface area (Å²) in [5.41, 5.74) is 0.823. The number of ether oxygens (including phenoxy) is 3. The largest absolute Gasteiger partial charge is 0.471 e. The number of nitrogens with one attached hydrogen (secondary N) is 1. The van der Waals surface area contributed by atoms with Crippen molar-refractivity contribution in [3.63, 3.8) is 0 Å². The summed E-state index contributed by atoms with van der Waals surface area (Å²) in [6.07, 6.45) is -1.47. The number of methoxy groups -OCH3 is 1. The number of hydrogen-bond acceptors (Lipinski definition) is 4. The van der Waals surface area contributed by atoms with Crippen LogP contribution in [0.5, 0.6) is 0 Å². The second-order valence-corrected chi connectivity index (χ2v) is 6.85. The fourth-order valence-corrected chi connectivity index (χ4v) is 3.22. The first-order valence-electron chi connectivity index (χ1n) is 9.57. The van der Waals surface area contributed by atoms with Crippen LogP contribution in [0.25, 0.3) is 0 Å². The van der Waals surface area contributed by atoms with Gasteiger partial charge >= 0.3 is 12.1 Å². The fraction of sp³-hybridized carbons (Fsp3) is 0.650. The van der Waals surface area contributed by atoms with E-state index in [4.69, 9.17) is 14.2 Å². The lowest BCUT2D eigenvalue weighted by Crippen LogP contribution is -2.50. The second kappa shape index (κ2) is 11.4. The molecule has 1 aromatic carbocycles. The molecule has 8 heteroatoms. The zero-order chi connectivity index (χ0) is 20.4. The first-order chi connectivity index (χ1) is 13.4. The molecule has 1 aliphatic heterocycles. The predicted molar refractivity (Wildman–Crippen MR) is 97.7 cm³/mol. The van der Waals surface area contributed by atoms with Gasteiger partial charge in [0.15, 0.2) is 6.29 Å². The third-order valence-electron chi connectivity index (χ3n) is 4.70. The van der Waals surface area contributed by atoms with Crippen molar-refractivity contribution in [2.75, 3.05) is 20.3 Å². The van der Waals surface area contributed by atoms with E-state index in [1.807, 2.05) is 18.2 Å². The molecule has 1 aliphatic rings. The van der Waals surface area contributed by atoms with Crippen LogP contribution in [-0.4, -0.2) is 50.8 Å². The lowest BCUT2D eigenvalue weighted by molar-refractivity contribution is -0.175. The van der Waals surface area contributed by atoms with Gasteiger partial charge < -0.3 is 19.5 Å². The quantitative estimate of drug-likeness (QED) is 0.607. The van der Waals surface area contributed by atoms with E-state index in [9.17, 15) is 18.0 Å². The molecular weight excluding hydrogens is 375 g/mol. The van der Waals surface area contributed by atoms with Gasteiger partial charge in [-0.2, -0.15) is 13.2 Å². The average molecular weight is 403 g/mol. The van der Waals surface area contributed by atoms with Crippen LogP contribution in [0.3, 0.4) is 0 Å². The Hall–Kier alpha value is -1.64. The van der Waals surface area contributed by atoms with E-state index in [1.165, 1.54) is 7.11 Å². The van der Waals surface area contributed by atoms with E-state index in [0.717, 1.165) is 24.8 Å². The monoisotopic (exact) mass is 403 g/mol. The van der Waals surface area contributed by atoms with Gasteiger partial charge in [0.05, 0.1) is 12.1 Å². The molecular formula is C20H28F3NO4. The van der Waals surface area contributed by atoms with Gasteiger partial charge in [0.25, 0.3) is 0 Å². The van der Waals surface area contributed by atoms with Crippen molar-refractivity contribution >= 4 is 5.91 Å². The van der Waals surface area contributed by atoms with Crippen LogP contribution >= 0.6 is 0 Å². The Bertz CT molecular complexity index is 577. The SMILES string of the molecule is CO[C@H](CCCOC1CCCCO1)[C@H](Cc1ccccc1)NC(=O)C(F)(F)F. The molecule has 0 aromatic heterocycles. The van der Waals surface area contributed by atoms with Crippen LogP contribution in [0.2, 0.25) is 0 Å². The van der Waals surface area contributed by atoms with Crippen LogP contribution in [0.4, 0.5) is 13.2 Å². The predicted octanol–water partition coefficient (Wildman–Crippen LogP) is 3.61. The number of hydrogen-bond donors (Lipinski definition) is 1. The Kier molecular flexibility index (Phi) is 9.21. The lowest BCUT2D eigenvalue weighted by atomic mass is 9.98. The number of benzene rings is 1. The standard InChI is InChI=1S/C20H28F3NO4/c1-26-17(10-7-13-28-18-11-5-6-12-27-18)16(24-19(25)20(21,22)23)14-15-8-3-2-4-9-15/h2-4,8-9,16-18H,5-7,10-14H2,1H3,(H,24,25)/t16-,17+,18?/m0/s1. The molecule has 1 fully saturated rings. The minimum absolute atomic E-state index is 0.209.